The second-order valence-corrected chi connectivity index (χ2v) is 13.6. The molecule has 0 radical (unpaired) electrons. The second kappa shape index (κ2) is 7.40. The lowest BCUT2D eigenvalue weighted by Gasteiger charge is -2.38. The lowest BCUT2D eigenvalue weighted by Crippen LogP contribution is -2.41. The standard InChI is InChI=1S/C20H34O3Si/c1-15(23-24(8,9)19(2,3)4)17-12-10-16(11-13-17)14-20(5,6)18(21)22-7/h10-13,15H,14H2,1-9H3. The molecule has 0 saturated carbocycles. The molecule has 136 valence electrons. The zero-order valence-electron chi connectivity index (χ0n) is 16.8. The summed E-state index contributed by atoms with van der Waals surface area (Å²) in [5, 5.41) is 0.200. The maximum Gasteiger partial charge on any atom is 0.311 e. The van der Waals surface area contributed by atoms with Crippen LogP contribution in [0.2, 0.25) is 18.1 Å². The molecule has 24 heavy (non-hydrogen) atoms. The third kappa shape index (κ3) is 5.18. The zero-order valence-corrected chi connectivity index (χ0v) is 17.8. The van der Waals surface area contributed by atoms with Gasteiger partial charge in [0.15, 0.2) is 8.32 Å². The van der Waals surface area contributed by atoms with Crippen molar-refractivity contribution in [1.82, 2.24) is 0 Å². The van der Waals surface area contributed by atoms with Gasteiger partial charge in [0.1, 0.15) is 0 Å². The van der Waals surface area contributed by atoms with Crippen molar-refractivity contribution in [3.05, 3.63) is 35.4 Å². The molecule has 0 bridgehead atoms. The molecule has 0 spiro atoms. The van der Waals surface area contributed by atoms with Gasteiger partial charge in [0.25, 0.3) is 0 Å². The minimum Gasteiger partial charge on any atom is -0.469 e. The second-order valence-electron chi connectivity index (χ2n) is 8.81. The number of benzene rings is 1. The molecule has 1 unspecified atom stereocenters. The summed E-state index contributed by atoms with van der Waals surface area (Å²) in [6.07, 6.45) is 0.741. The van der Waals surface area contributed by atoms with Crippen LogP contribution in [0.1, 0.15) is 58.8 Å². The van der Waals surface area contributed by atoms with E-state index in [1.54, 1.807) is 0 Å². The fraction of sp³-hybridized carbons (Fsp3) is 0.650. The molecule has 0 heterocycles. The summed E-state index contributed by atoms with van der Waals surface area (Å²) in [6, 6.07) is 8.40. The molecule has 1 aromatic rings. The Bertz CT molecular complexity index is 553. The summed E-state index contributed by atoms with van der Waals surface area (Å²) in [5.41, 5.74) is 1.80. The number of esters is 1. The number of ether oxygens (including phenoxy) is 1. The van der Waals surface area contributed by atoms with E-state index in [2.05, 4.69) is 65.1 Å². The maximum absolute atomic E-state index is 11.8. The minimum absolute atomic E-state index is 0.0774. The van der Waals surface area contributed by atoms with Gasteiger partial charge in [0, 0.05) is 0 Å². The van der Waals surface area contributed by atoms with Crippen LogP contribution in [-0.2, 0) is 20.4 Å². The predicted molar refractivity (Wildman–Crippen MR) is 103 cm³/mol. The monoisotopic (exact) mass is 350 g/mol. The van der Waals surface area contributed by atoms with Gasteiger partial charge in [-0.2, -0.15) is 0 Å². The highest BCUT2D eigenvalue weighted by Gasteiger charge is 2.38. The van der Waals surface area contributed by atoms with Crippen LogP contribution in [0.4, 0.5) is 0 Å². The summed E-state index contributed by atoms with van der Waals surface area (Å²) >= 11 is 0. The average molecular weight is 351 g/mol. The first-order valence-corrected chi connectivity index (χ1v) is 11.6. The zero-order chi connectivity index (χ0) is 18.8. The van der Waals surface area contributed by atoms with Gasteiger partial charge in [-0.25, -0.2) is 0 Å². The van der Waals surface area contributed by atoms with E-state index in [4.69, 9.17) is 9.16 Å². The number of carbonyl (C=O) groups is 1. The van der Waals surface area contributed by atoms with Crippen molar-refractivity contribution in [3.8, 4) is 0 Å². The van der Waals surface area contributed by atoms with Gasteiger partial charge in [-0.05, 0) is 56.5 Å². The number of methoxy groups -OCH3 is 1. The third-order valence-electron chi connectivity index (χ3n) is 5.11. The Morgan fingerprint density at radius 1 is 1.08 bits per heavy atom. The number of hydrogen-bond donors (Lipinski definition) is 0. The number of carbonyl (C=O) groups excluding carboxylic acids is 1. The van der Waals surface area contributed by atoms with Crippen molar-refractivity contribution in [2.75, 3.05) is 7.11 Å². The maximum atomic E-state index is 11.8. The summed E-state index contributed by atoms with van der Waals surface area (Å²) in [7, 11) is -0.346. The Morgan fingerprint density at radius 2 is 1.58 bits per heavy atom. The van der Waals surface area contributed by atoms with Crippen LogP contribution in [-0.4, -0.2) is 21.4 Å². The SMILES string of the molecule is COC(=O)C(C)(C)Cc1ccc(C(C)O[Si](C)(C)C(C)(C)C)cc1. The highest BCUT2D eigenvalue weighted by molar-refractivity contribution is 6.74. The molecule has 4 heteroatoms. The van der Waals surface area contributed by atoms with E-state index in [1.807, 2.05) is 13.8 Å². The lowest BCUT2D eigenvalue weighted by atomic mass is 9.85. The molecule has 0 saturated heterocycles. The predicted octanol–water partition coefficient (Wildman–Crippen LogP) is 5.51. The molecule has 0 aliphatic carbocycles. The highest BCUT2D eigenvalue weighted by Crippen LogP contribution is 2.39. The van der Waals surface area contributed by atoms with Gasteiger partial charge in [-0.3, -0.25) is 4.79 Å². The summed E-state index contributed by atoms with van der Waals surface area (Å²) < 4.78 is 11.3. The van der Waals surface area contributed by atoms with Crippen molar-refractivity contribution in [1.29, 1.82) is 0 Å². The lowest BCUT2D eigenvalue weighted by molar-refractivity contribution is -0.150. The number of rotatable bonds is 6. The summed E-state index contributed by atoms with van der Waals surface area (Å²) in [6.45, 7) is 17.3. The fourth-order valence-electron chi connectivity index (χ4n) is 2.45. The normalized spacial score (nSPS) is 14.4. The van der Waals surface area contributed by atoms with E-state index in [0.717, 1.165) is 5.56 Å². The van der Waals surface area contributed by atoms with Crippen LogP contribution in [0.25, 0.3) is 0 Å². The molecule has 1 atom stereocenters. The van der Waals surface area contributed by atoms with Crippen LogP contribution >= 0.6 is 0 Å². The molecule has 1 aromatic carbocycles. The quantitative estimate of drug-likeness (QED) is 0.501. The van der Waals surface area contributed by atoms with E-state index in [0.29, 0.717) is 6.42 Å². The molecule has 3 nitrogen and oxygen atoms in total. The third-order valence-corrected chi connectivity index (χ3v) is 9.67. The van der Waals surface area contributed by atoms with Crippen molar-refractivity contribution >= 4 is 14.3 Å². The number of hydrogen-bond acceptors (Lipinski definition) is 3. The first-order valence-electron chi connectivity index (χ1n) is 8.65. The van der Waals surface area contributed by atoms with Gasteiger partial charge >= 0.3 is 5.97 Å². The van der Waals surface area contributed by atoms with Gasteiger partial charge in [0.2, 0.25) is 0 Å². The van der Waals surface area contributed by atoms with Gasteiger partial charge in [-0.1, -0.05) is 45.0 Å². The van der Waals surface area contributed by atoms with E-state index in [-0.39, 0.29) is 17.1 Å². The Balaban J connectivity index is 2.83. The molecule has 0 fully saturated rings. The first-order chi connectivity index (χ1) is 10.8. The molecule has 0 aliphatic heterocycles. The highest BCUT2D eigenvalue weighted by atomic mass is 28.4. The molecular weight excluding hydrogens is 316 g/mol. The van der Waals surface area contributed by atoms with Gasteiger partial charge in [0.05, 0.1) is 18.6 Å². The fourth-order valence-corrected chi connectivity index (χ4v) is 3.83. The van der Waals surface area contributed by atoms with E-state index in [1.165, 1.54) is 12.7 Å². The Hall–Kier alpha value is -1.13. The van der Waals surface area contributed by atoms with E-state index < -0.39 is 13.7 Å². The Morgan fingerprint density at radius 3 is 2.00 bits per heavy atom. The topological polar surface area (TPSA) is 35.5 Å². The van der Waals surface area contributed by atoms with Gasteiger partial charge < -0.3 is 9.16 Å². The Labute approximate surface area is 148 Å². The molecule has 0 aromatic heterocycles. The van der Waals surface area contributed by atoms with Crippen LogP contribution in [0, 0.1) is 5.41 Å². The summed E-state index contributed by atoms with van der Waals surface area (Å²) in [5.74, 6) is -0.179. The smallest absolute Gasteiger partial charge is 0.311 e. The largest absolute Gasteiger partial charge is 0.469 e. The van der Waals surface area contributed by atoms with E-state index in [9.17, 15) is 4.79 Å². The Kier molecular flexibility index (Phi) is 6.45. The van der Waals surface area contributed by atoms with Crippen molar-refractivity contribution in [2.45, 2.75) is 72.2 Å². The van der Waals surface area contributed by atoms with Gasteiger partial charge in [-0.15, -0.1) is 0 Å². The molecule has 0 aliphatic rings. The van der Waals surface area contributed by atoms with Crippen molar-refractivity contribution in [2.24, 2.45) is 5.41 Å². The van der Waals surface area contributed by atoms with E-state index >= 15 is 0 Å². The van der Waals surface area contributed by atoms with Crippen LogP contribution in [0.3, 0.4) is 0 Å². The van der Waals surface area contributed by atoms with Crippen molar-refractivity contribution in [3.63, 3.8) is 0 Å². The average Bonchev–Trinajstić information content (AvgIpc) is 2.44. The molecular formula is C20H34O3Si. The summed E-state index contributed by atoms with van der Waals surface area (Å²) in [4.78, 5) is 11.8. The van der Waals surface area contributed by atoms with Crippen molar-refractivity contribution < 1.29 is 14.0 Å². The van der Waals surface area contributed by atoms with Crippen LogP contribution in [0.5, 0.6) is 0 Å². The van der Waals surface area contributed by atoms with Crippen LogP contribution < -0.4 is 0 Å². The molecule has 0 amide bonds. The molecule has 0 N–H and O–H groups in total. The molecule has 1 rings (SSSR count). The van der Waals surface area contributed by atoms with Crippen LogP contribution in [0.15, 0.2) is 24.3 Å². The first kappa shape index (κ1) is 20.9. The minimum atomic E-state index is -1.78.